The van der Waals surface area contributed by atoms with Gasteiger partial charge < -0.3 is 15.4 Å². The highest BCUT2D eigenvalue weighted by Crippen LogP contribution is 2.37. The first-order chi connectivity index (χ1) is 15.8. The van der Waals surface area contributed by atoms with Gasteiger partial charge in [-0.05, 0) is 62.0 Å². The largest absolute Gasteiger partial charge is 0.465 e. The number of hydrogen-bond donors (Lipinski definition) is 2. The Labute approximate surface area is 204 Å². The quantitative estimate of drug-likeness (QED) is 0.252. The molecule has 4 aromatic rings. The van der Waals surface area contributed by atoms with Gasteiger partial charge in [-0.1, -0.05) is 23.7 Å². The molecule has 4 rings (SSSR count). The molecule has 0 saturated carbocycles. The van der Waals surface area contributed by atoms with Gasteiger partial charge in [-0.25, -0.2) is 9.18 Å². The maximum Gasteiger partial charge on any atom is 0.349 e. The Morgan fingerprint density at radius 2 is 2.03 bits per heavy atom. The van der Waals surface area contributed by atoms with Crippen molar-refractivity contribution in [2.75, 3.05) is 17.7 Å². The molecule has 0 radical (unpaired) electrons. The van der Waals surface area contributed by atoms with Crippen LogP contribution in [0.5, 0.6) is 0 Å². The highest BCUT2D eigenvalue weighted by molar-refractivity contribution is 7.80. The molecule has 0 atom stereocenters. The molecule has 0 spiro atoms. The normalized spacial score (nSPS) is 10.9. The van der Waals surface area contributed by atoms with Crippen molar-refractivity contribution in [1.29, 1.82) is 0 Å². The zero-order valence-corrected chi connectivity index (χ0v) is 20.4. The number of nitrogens with zero attached hydrogens (tertiary/aromatic N) is 2. The first-order valence-electron chi connectivity index (χ1n) is 9.93. The van der Waals surface area contributed by atoms with E-state index in [-0.39, 0.29) is 5.82 Å². The number of benzene rings is 2. The lowest BCUT2D eigenvalue weighted by molar-refractivity contribution is 0.0606. The van der Waals surface area contributed by atoms with Gasteiger partial charge in [-0.2, -0.15) is 5.10 Å². The molecule has 6 nitrogen and oxygen atoms in total. The molecule has 2 N–H and O–H groups in total. The van der Waals surface area contributed by atoms with Crippen LogP contribution in [-0.2, 0) is 11.3 Å². The number of fused-ring (bicyclic) bond motifs is 1. The van der Waals surface area contributed by atoms with E-state index in [2.05, 4.69) is 15.7 Å². The summed E-state index contributed by atoms with van der Waals surface area (Å²) in [7, 11) is 1.32. The van der Waals surface area contributed by atoms with Crippen molar-refractivity contribution < 1.29 is 13.9 Å². The van der Waals surface area contributed by atoms with Crippen LogP contribution >= 0.6 is 35.2 Å². The number of thiocarbonyl (C=S) groups is 1. The van der Waals surface area contributed by atoms with Crippen molar-refractivity contribution in [3.05, 3.63) is 75.1 Å². The van der Waals surface area contributed by atoms with Crippen molar-refractivity contribution in [1.82, 2.24) is 9.78 Å². The zero-order chi connectivity index (χ0) is 23.7. The second-order valence-electron chi connectivity index (χ2n) is 7.36. The second-order valence-corrected chi connectivity index (χ2v) is 9.20. The third kappa shape index (κ3) is 4.85. The fourth-order valence-corrected chi connectivity index (χ4v) is 5.17. The smallest absolute Gasteiger partial charge is 0.349 e. The van der Waals surface area contributed by atoms with Gasteiger partial charge >= 0.3 is 5.97 Å². The fourth-order valence-electron chi connectivity index (χ4n) is 3.48. The van der Waals surface area contributed by atoms with Crippen LogP contribution in [0.2, 0.25) is 5.02 Å². The number of aromatic nitrogens is 2. The average Bonchev–Trinajstić information content (AvgIpc) is 3.24. The van der Waals surface area contributed by atoms with E-state index in [1.54, 1.807) is 6.07 Å². The first kappa shape index (κ1) is 23.2. The molecule has 0 amide bonds. The lowest BCUT2D eigenvalue weighted by Gasteiger charge is -2.11. The predicted octanol–water partition coefficient (Wildman–Crippen LogP) is 6.15. The minimum Gasteiger partial charge on any atom is -0.465 e. The number of anilines is 2. The topological polar surface area (TPSA) is 68.2 Å². The van der Waals surface area contributed by atoms with Crippen LogP contribution in [0.3, 0.4) is 0 Å². The highest BCUT2D eigenvalue weighted by Gasteiger charge is 2.18. The number of rotatable bonds is 5. The van der Waals surface area contributed by atoms with Crippen molar-refractivity contribution in [2.24, 2.45) is 0 Å². The number of ether oxygens (including phenoxy) is 1. The number of thiophene rings is 1. The van der Waals surface area contributed by atoms with E-state index in [1.807, 2.05) is 42.8 Å². The monoisotopic (exact) mass is 502 g/mol. The third-order valence-electron chi connectivity index (χ3n) is 5.10. The summed E-state index contributed by atoms with van der Waals surface area (Å²) in [4.78, 5) is 12.3. The average molecular weight is 503 g/mol. The number of aryl methyl sites for hydroxylation is 1. The molecule has 2 aromatic carbocycles. The van der Waals surface area contributed by atoms with Gasteiger partial charge in [-0.15, -0.1) is 11.3 Å². The van der Waals surface area contributed by atoms with Crippen LogP contribution in [-0.4, -0.2) is 28.0 Å². The summed E-state index contributed by atoms with van der Waals surface area (Å²) in [5, 5.41) is 12.5. The number of methoxy groups -OCH3 is 1. The van der Waals surface area contributed by atoms with Crippen LogP contribution < -0.4 is 10.6 Å². The van der Waals surface area contributed by atoms with Crippen molar-refractivity contribution in [2.45, 2.75) is 20.4 Å². The molecule has 0 unspecified atom stereocenters. The number of esters is 1. The summed E-state index contributed by atoms with van der Waals surface area (Å²) >= 11 is 13.1. The molecule has 10 heteroatoms. The van der Waals surface area contributed by atoms with Gasteiger partial charge in [0.2, 0.25) is 0 Å². The van der Waals surface area contributed by atoms with E-state index in [0.717, 1.165) is 38.4 Å². The summed E-state index contributed by atoms with van der Waals surface area (Å²) in [6.07, 6.45) is 0. The Balaban J connectivity index is 1.50. The van der Waals surface area contributed by atoms with Crippen molar-refractivity contribution in [3.8, 4) is 0 Å². The standard InChI is InChI=1S/C23H20ClFN4O2S2/c1-12-20(13(2)29(28-12)11-14-5-4-6-15(25)9-14)27-23(32)26-16-7-8-17-18(10-16)33-21(19(17)24)22(30)31-3/h4-10H,11H2,1-3H3,(H2,26,27,32). The molecule has 170 valence electrons. The summed E-state index contributed by atoms with van der Waals surface area (Å²) in [5.74, 6) is -0.741. The number of halogens is 2. The van der Waals surface area contributed by atoms with Gasteiger partial charge in [0.25, 0.3) is 0 Å². The molecule has 0 bridgehead atoms. The van der Waals surface area contributed by atoms with Gasteiger partial charge in [-0.3, -0.25) is 4.68 Å². The minimum absolute atomic E-state index is 0.277. The first-order valence-corrected chi connectivity index (χ1v) is 11.5. The van der Waals surface area contributed by atoms with Crippen LogP contribution in [0.15, 0.2) is 42.5 Å². The lowest BCUT2D eigenvalue weighted by atomic mass is 10.2. The van der Waals surface area contributed by atoms with Crippen molar-refractivity contribution >= 4 is 67.7 Å². The van der Waals surface area contributed by atoms with E-state index >= 15 is 0 Å². The summed E-state index contributed by atoms with van der Waals surface area (Å²) in [6, 6.07) is 12.0. The van der Waals surface area contributed by atoms with Crippen LogP contribution in [0.4, 0.5) is 15.8 Å². The molecular weight excluding hydrogens is 483 g/mol. The Bertz CT molecular complexity index is 1380. The molecule has 0 saturated heterocycles. The Morgan fingerprint density at radius 3 is 2.76 bits per heavy atom. The lowest BCUT2D eigenvalue weighted by Crippen LogP contribution is -2.20. The van der Waals surface area contributed by atoms with E-state index in [0.29, 0.717) is 21.6 Å². The molecule has 0 aliphatic rings. The van der Waals surface area contributed by atoms with E-state index < -0.39 is 5.97 Å². The minimum atomic E-state index is -0.464. The SMILES string of the molecule is COC(=O)c1sc2cc(NC(=S)Nc3c(C)nn(Cc4cccc(F)c4)c3C)ccc2c1Cl. The Morgan fingerprint density at radius 1 is 1.24 bits per heavy atom. The van der Waals surface area contributed by atoms with Crippen LogP contribution in [0.25, 0.3) is 10.1 Å². The molecule has 0 aliphatic heterocycles. The summed E-state index contributed by atoms with van der Waals surface area (Å²) < 4.78 is 21.0. The van der Waals surface area contributed by atoms with Crippen LogP contribution in [0.1, 0.15) is 26.6 Å². The predicted molar refractivity (Wildman–Crippen MR) is 135 cm³/mol. The molecule has 2 aromatic heterocycles. The van der Waals surface area contributed by atoms with Gasteiger partial charge in [0.05, 0.1) is 35.8 Å². The molecular formula is C23H20ClFN4O2S2. The number of hydrogen-bond acceptors (Lipinski definition) is 5. The van der Waals surface area contributed by atoms with Crippen molar-refractivity contribution in [3.63, 3.8) is 0 Å². The van der Waals surface area contributed by atoms with Crippen LogP contribution in [0, 0.1) is 19.7 Å². The molecule has 0 fully saturated rings. The number of carbonyl (C=O) groups excluding carboxylic acids is 1. The molecule has 0 aliphatic carbocycles. The highest BCUT2D eigenvalue weighted by atomic mass is 35.5. The van der Waals surface area contributed by atoms with E-state index in [1.165, 1.54) is 30.6 Å². The van der Waals surface area contributed by atoms with Gasteiger partial charge in [0.1, 0.15) is 10.7 Å². The molecule has 2 heterocycles. The number of carbonyl (C=O) groups is 1. The van der Waals surface area contributed by atoms with E-state index in [4.69, 9.17) is 28.6 Å². The second kappa shape index (κ2) is 9.46. The maximum absolute atomic E-state index is 13.5. The third-order valence-corrected chi connectivity index (χ3v) is 6.94. The van der Waals surface area contributed by atoms with Gasteiger partial charge in [0, 0.05) is 15.8 Å². The Kier molecular flexibility index (Phi) is 6.64. The van der Waals surface area contributed by atoms with Gasteiger partial charge in [0.15, 0.2) is 5.11 Å². The maximum atomic E-state index is 13.5. The zero-order valence-electron chi connectivity index (χ0n) is 18.0. The summed E-state index contributed by atoms with van der Waals surface area (Å²) in [6.45, 7) is 4.26. The number of nitrogens with one attached hydrogen (secondary N) is 2. The fraction of sp³-hybridized carbons (Fsp3) is 0.174. The Hall–Kier alpha value is -3.01. The summed E-state index contributed by atoms with van der Waals surface area (Å²) in [5.41, 5.74) is 4.01. The van der Waals surface area contributed by atoms with E-state index in [9.17, 15) is 9.18 Å². The molecule has 33 heavy (non-hydrogen) atoms.